The summed E-state index contributed by atoms with van der Waals surface area (Å²) >= 11 is 8.06. The Hall–Kier alpha value is -0.220. The third-order valence-electron chi connectivity index (χ3n) is 3.73. The monoisotopic (exact) mass is 329 g/mol. The van der Waals surface area contributed by atoms with Gasteiger partial charge in [-0.25, -0.2) is 0 Å². The first-order valence-corrected chi connectivity index (χ1v) is 9.26. The molecule has 0 aromatic heterocycles. The van der Waals surface area contributed by atoms with E-state index < -0.39 is 0 Å². The number of nitrogens with one attached hydrogen (secondary N) is 1. The van der Waals surface area contributed by atoms with Crippen molar-refractivity contribution in [3.8, 4) is 0 Å². The molecule has 1 rings (SSSR count). The van der Waals surface area contributed by atoms with Gasteiger partial charge in [0.05, 0.1) is 6.61 Å². The number of aliphatic hydroxyl groups is 1. The lowest BCUT2D eigenvalue weighted by Gasteiger charge is -2.34. The molecule has 0 aliphatic carbocycles. The quantitative estimate of drug-likeness (QED) is 0.620. The normalized spacial score (nSPS) is 14.4. The molecular weight excluding hydrogens is 302 g/mol. The lowest BCUT2D eigenvalue weighted by molar-refractivity contribution is 0.137. The highest BCUT2D eigenvalue weighted by Crippen LogP contribution is 2.23. The fraction of sp³-hybridized carbons (Fsp3) is 0.647. The molecular formula is C17H28ClNOS. The second-order valence-electron chi connectivity index (χ2n) is 5.84. The standard InChI is InChI=1S/C17H28ClNOS/c1-4-17(13-20,19-14(2)3)10-7-11-21-12-15-8-5-6-9-16(15)18/h5-6,8-9,14,19-20H,4,7,10-13H2,1-3H3. The minimum atomic E-state index is -0.126. The van der Waals surface area contributed by atoms with Crippen molar-refractivity contribution >= 4 is 23.4 Å². The van der Waals surface area contributed by atoms with Gasteiger partial charge in [0, 0.05) is 22.4 Å². The minimum absolute atomic E-state index is 0.126. The second-order valence-corrected chi connectivity index (χ2v) is 7.35. The van der Waals surface area contributed by atoms with Crippen molar-refractivity contribution < 1.29 is 5.11 Å². The van der Waals surface area contributed by atoms with Gasteiger partial charge in [0.15, 0.2) is 0 Å². The Morgan fingerprint density at radius 1 is 1.33 bits per heavy atom. The van der Waals surface area contributed by atoms with Gasteiger partial charge in [-0.3, -0.25) is 0 Å². The van der Waals surface area contributed by atoms with Crippen molar-refractivity contribution in [1.29, 1.82) is 0 Å². The van der Waals surface area contributed by atoms with Crippen LogP contribution < -0.4 is 5.32 Å². The molecule has 21 heavy (non-hydrogen) atoms. The number of benzene rings is 1. The molecule has 120 valence electrons. The van der Waals surface area contributed by atoms with Crippen LogP contribution in [0.2, 0.25) is 5.02 Å². The van der Waals surface area contributed by atoms with Crippen LogP contribution in [0.5, 0.6) is 0 Å². The lowest BCUT2D eigenvalue weighted by atomic mass is 9.91. The highest BCUT2D eigenvalue weighted by molar-refractivity contribution is 7.98. The van der Waals surface area contributed by atoms with E-state index in [-0.39, 0.29) is 12.1 Å². The molecule has 0 aliphatic rings. The molecule has 0 bridgehead atoms. The van der Waals surface area contributed by atoms with Crippen LogP contribution in [-0.2, 0) is 5.75 Å². The highest BCUT2D eigenvalue weighted by atomic mass is 35.5. The van der Waals surface area contributed by atoms with Gasteiger partial charge in [0.1, 0.15) is 0 Å². The number of halogens is 1. The van der Waals surface area contributed by atoms with Crippen molar-refractivity contribution in [3.05, 3.63) is 34.9 Å². The Balaban J connectivity index is 2.33. The lowest BCUT2D eigenvalue weighted by Crippen LogP contribution is -2.51. The van der Waals surface area contributed by atoms with Gasteiger partial charge in [-0.1, -0.05) is 50.6 Å². The van der Waals surface area contributed by atoms with Crippen LogP contribution in [-0.4, -0.2) is 29.0 Å². The smallest absolute Gasteiger partial charge is 0.0613 e. The fourth-order valence-electron chi connectivity index (χ4n) is 2.51. The largest absolute Gasteiger partial charge is 0.394 e. The molecule has 1 atom stereocenters. The molecule has 2 nitrogen and oxygen atoms in total. The first-order chi connectivity index (χ1) is 10.0. The summed E-state index contributed by atoms with van der Waals surface area (Å²) in [5, 5.41) is 14.1. The summed E-state index contributed by atoms with van der Waals surface area (Å²) in [6.45, 7) is 6.61. The summed E-state index contributed by atoms with van der Waals surface area (Å²) < 4.78 is 0. The maximum atomic E-state index is 9.71. The van der Waals surface area contributed by atoms with Crippen LogP contribution in [0.4, 0.5) is 0 Å². The fourth-order valence-corrected chi connectivity index (χ4v) is 3.76. The van der Waals surface area contributed by atoms with Gasteiger partial charge in [0.25, 0.3) is 0 Å². The molecule has 2 N–H and O–H groups in total. The third kappa shape index (κ3) is 6.60. The first kappa shape index (κ1) is 18.8. The summed E-state index contributed by atoms with van der Waals surface area (Å²) in [5.74, 6) is 2.04. The predicted molar refractivity (Wildman–Crippen MR) is 95.2 cm³/mol. The maximum Gasteiger partial charge on any atom is 0.0613 e. The molecule has 0 amide bonds. The van der Waals surface area contributed by atoms with E-state index in [0.717, 1.165) is 35.8 Å². The van der Waals surface area contributed by atoms with E-state index in [2.05, 4.69) is 32.2 Å². The van der Waals surface area contributed by atoms with Crippen LogP contribution in [0.15, 0.2) is 24.3 Å². The molecule has 0 radical (unpaired) electrons. The number of rotatable bonds is 10. The molecule has 0 spiro atoms. The summed E-state index contributed by atoms with van der Waals surface area (Å²) in [6, 6.07) is 8.41. The molecule has 0 fully saturated rings. The Morgan fingerprint density at radius 3 is 2.62 bits per heavy atom. The number of hydrogen-bond acceptors (Lipinski definition) is 3. The molecule has 1 aromatic carbocycles. The van der Waals surface area contributed by atoms with Crippen LogP contribution >= 0.6 is 23.4 Å². The molecule has 0 heterocycles. The Labute approximate surface area is 138 Å². The van der Waals surface area contributed by atoms with Gasteiger partial charge in [-0.2, -0.15) is 11.8 Å². The summed E-state index contributed by atoms with van der Waals surface area (Å²) in [5.41, 5.74) is 1.08. The van der Waals surface area contributed by atoms with E-state index in [1.807, 2.05) is 30.0 Å². The number of aliphatic hydroxyl groups excluding tert-OH is 1. The number of hydrogen-bond donors (Lipinski definition) is 2. The second kappa shape index (κ2) is 9.73. The zero-order chi connectivity index (χ0) is 15.7. The maximum absolute atomic E-state index is 9.71. The minimum Gasteiger partial charge on any atom is -0.394 e. The third-order valence-corrected chi connectivity index (χ3v) is 5.19. The van der Waals surface area contributed by atoms with Crippen LogP contribution in [0.3, 0.4) is 0 Å². The predicted octanol–water partition coefficient (Wildman–Crippen LogP) is 4.49. The molecule has 0 aliphatic heterocycles. The van der Waals surface area contributed by atoms with Gasteiger partial charge < -0.3 is 10.4 Å². The van der Waals surface area contributed by atoms with E-state index in [4.69, 9.17) is 11.6 Å². The van der Waals surface area contributed by atoms with E-state index in [9.17, 15) is 5.11 Å². The van der Waals surface area contributed by atoms with Crippen LogP contribution in [0.25, 0.3) is 0 Å². The number of thioether (sulfide) groups is 1. The zero-order valence-electron chi connectivity index (χ0n) is 13.4. The van der Waals surface area contributed by atoms with E-state index in [0.29, 0.717) is 6.04 Å². The molecule has 0 saturated heterocycles. The Morgan fingerprint density at radius 2 is 2.05 bits per heavy atom. The molecule has 1 aromatic rings. The van der Waals surface area contributed by atoms with Crippen molar-refractivity contribution in [2.45, 2.75) is 57.4 Å². The van der Waals surface area contributed by atoms with E-state index in [1.165, 1.54) is 5.56 Å². The van der Waals surface area contributed by atoms with Crippen LogP contribution in [0, 0.1) is 0 Å². The zero-order valence-corrected chi connectivity index (χ0v) is 14.9. The molecule has 4 heteroatoms. The summed E-state index contributed by atoms with van der Waals surface area (Å²) in [7, 11) is 0. The van der Waals surface area contributed by atoms with Gasteiger partial charge in [-0.15, -0.1) is 0 Å². The van der Waals surface area contributed by atoms with Gasteiger partial charge in [0.2, 0.25) is 0 Å². The molecule has 0 saturated carbocycles. The highest BCUT2D eigenvalue weighted by Gasteiger charge is 2.26. The summed E-state index contributed by atoms with van der Waals surface area (Å²) in [4.78, 5) is 0. The van der Waals surface area contributed by atoms with Gasteiger partial charge in [-0.05, 0) is 36.6 Å². The van der Waals surface area contributed by atoms with Gasteiger partial charge >= 0.3 is 0 Å². The summed E-state index contributed by atoms with van der Waals surface area (Å²) in [6.07, 6.45) is 3.06. The first-order valence-electron chi connectivity index (χ1n) is 7.72. The SMILES string of the molecule is CCC(CO)(CCCSCc1ccccc1Cl)NC(C)C. The van der Waals surface area contributed by atoms with Crippen molar-refractivity contribution in [2.24, 2.45) is 0 Å². The molecule has 1 unspecified atom stereocenters. The van der Waals surface area contributed by atoms with Crippen molar-refractivity contribution in [3.63, 3.8) is 0 Å². The average molecular weight is 330 g/mol. The van der Waals surface area contributed by atoms with E-state index >= 15 is 0 Å². The van der Waals surface area contributed by atoms with Crippen molar-refractivity contribution in [1.82, 2.24) is 5.32 Å². The van der Waals surface area contributed by atoms with E-state index in [1.54, 1.807) is 0 Å². The average Bonchev–Trinajstić information content (AvgIpc) is 2.47. The Bertz CT molecular complexity index is 408. The van der Waals surface area contributed by atoms with Crippen molar-refractivity contribution in [2.75, 3.05) is 12.4 Å². The van der Waals surface area contributed by atoms with Crippen LogP contribution in [0.1, 0.15) is 45.6 Å². The topological polar surface area (TPSA) is 32.3 Å². The Kier molecular flexibility index (Phi) is 8.72.